The van der Waals surface area contributed by atoms with Gasteiger partial charge in [0, 0.05) is 0 Å². The molecule has 5 heteroatoms. The third-order valence-corrected chi connectivity index (χ3v) is 2.17. The molecule has 0 saturated heterocycles. The summed E-state index contributed by atoms with van der Waals surface area (Å²) < 4.78 is 6.75. The molecule has 0 aliphatic rings. The molecular formula is C10H10N2O3. The monoisotopic (exact) mass is 206 g/mol. The molecule has 15 heavy (non-hydrogen) atoms. The highest BCUT2D eigenvalue weighted by molar-refractivity contribution is 5.85. The van der Waals surface area contributed by atoms with Crippen molar-refractivity contribution in [3.63, 3.8) is 0 Å². The highest BCUT2D eigenvalue weighted by atomic mass is 16.4. The van der Waals surface area contributed by atoms with Crippen molar-refractivity contribution in [2.75, 3.05) is 0 Å². The van der Waals surface area contributed by atoms with Gasteiger partial charge in [0.25, 0.3) is 0 Å². The summed E-state index contributed by atoms with van der Waals surface area (Å²) in [6.07, 6.45) is 2.91. The largest absolute Gasteiger partial charge is 0.477 e. The lowest BCUT2D eigenvalue weighted by atomic mass is 10.4. The highest BCUT2D eigenvalue weighted by Gasteiger charge is 2.13. The number of carbonyl (C=O) groups is 1. The Bertz CT molecular complexity index is 471. The van der Waals surface area contributed by atoms with Crippen molar-refractivity contribution >= 4 is 5.97 Å². The lowest BCUT2D eigenvalue weighted by molar-refractivity contribution is 0.0685. The van der Waals surface area contributed by atoms with Gasteiger partial charge >= 0.3 is 5.97 Å². The molecule has 0 saturated carbocycles. The molecule has 2 heterocycles. The fourth-order valence-corrected chi connectivity index (χ4v) is 1.40. The molecule has 0 radical (unpaired) electrons. The van der Waals surface area contributed by atoms with Gasteiger partial charge in [-0.05, 0) is 19.1 Å². The standard InChI is InChI=1S/C10H10N2O3/c1-7-11-5-9(10(13)14)12(7)6-8-3-2-4-15-8/h2-5H,6H2,1H3,(H,13,14). The minimum atomic E-state index is -0.984. The quantitative estimate of drug-likeness (QED) is 0.826. The zero-order valence-corrected chi connectivity index (χ0v) is 8.17. The first-order chi connectivity index (χ1) is 7.18. The molecular weight excluding hydrogens is 196 g/mol. The summed E-state index contributed by atoms with van der Waals surface area (Å²) in [6.45, 7) is 2.15. The van der Waals surface area contributed by atoms with Crippen molar-refractivity contribution in [2.45, 2.75) is 13.5 Å². The number of carboxylic acids is 1. The molecule has 0 amide bonds. The first kappa shape index (κ1) is 9.51. The summed E-state index contributed by atoms with van der Waals surface area (Å²) in [5, 5.41) is 8.92. The van der Waals surface area contributed by atoms with E-state index in [4.69, 9.17) is 9.52 Å². The molecule has 2 rings (SSSR count). The molecule has 0 atom stereocenters. The summed E-state index contributed by atoms with van der Waals surface area (Å²) in [5.41, 5.74) is 0.170. The van der Waals surface area contributed by atoms with Crippen LogP contribution in [0.3, 0.4) is 0 Å². The molecule has 0 aliphatic heterocycles. The van der Waals surface area contributed by atoms with Crippen molar-refractivity contribution in [3.05, 3.63) is 41.9 Å². The number of hydrogen-bond acceptors (Lipinski definition) is 3. The Morgan fingerprint density at radius 2 is 2.47 bits per heavy atom. The Balaban J connectivity index is 2.35. The Labute approximate surface area is 86.0 Å². The van der Waals surface area contributed by atoms with Crippen LogP contribution in [-0.4, -0.2) is 20.6 Å². The molecule has 1 N–H and O–H groups in total. The SMILES string of the molecule is Cc1ncc(C(=O)O)n1Cc1ccco1. The summed E-state index contributed by atoms with van der Waals surface area (Å²) in [5.74, 6) is 0.379. The molecule has 0 aromatic carbocycles. The molecule has 78 valence electrons. The van der Waals surface area contributed by atoms with E-state index in [0.29, 0.717) is 18.1 Å². The number of carboxylic acid groups (broad SMARTS) is 1. The smallest absolute Gasteiger partial charge is 0.354 e. The summed E-state index contributed by atoms with van der Waals surface area (Å²) in [6, 6.07) is 3.56. The minimum Gasteiger partial charge on any atom is -0.477 e. The predicted molar refractivity (Wildman–Crippen MR) is 51.7 cm³/mol. The van der Waals surface area contributed by atoms with Crippen LogP contribution in [0.1, 0.15) is 22.1 Å². The number of hydrogen-bond donors (Lipinski definition) is 1. The Kier molecular flexibility index (Phi) is 2.29. The molecule has 0 bridgehead atoms. The Hall–Kier alpha value is -2.04. The van der Waals surface area contributed by atoms with Crippen molar-refractivity contribution in [3.8, 4) is 0 Å². The van der Waals surface area contributed by atoms with Crippen LogP contribution < -0.4 is 0 Å². The maximum absolute atomic E-state index is 10.9. The van der Waals surface area contributed by atoms with Crippen LogP contribution >= 0.6 is 0 Å². The minimum absolute atomic E-state index is 0.170. The lowest BCUT2D eigenvalue weighted by Crippen LogP contribution is -2.10. The zero-order valence-electron chi connectivity index (χ0n) is 8.17. The number of aromatic carboxylic acids is 1. The molecule has 5 nitrogen and oxygen atoms in total. The number of nitrogens with zero attached hydrogens (tertiary/aromatic N) is 2. The molecule has 2 aromatic heterocycles. The molecule has 0 fully saturated rings. The average molecular weight is 206 g/mol. The van der Waals surface area contributed by atoms with Gasteiger partial charge in [-0.3, -0.25) is 0 Å². The zero-order chi connectivity index (χ0) is 10.8. The average Bonchev–Trinajstić information content (AvgIpc) is 2.78. The van der Waals surface area contributed by atoms with Crippen LogP contribution in [0.5, 0.6) is 0 Å². The van der Waals surface area contributed by atoms with Gasteiger partial charge in [-0.15, -0.1) is 0 Å². The van der Waals surface area contributed by atoms with E-state index in [1.165, 1.54) is 6.20 Å². The Morgan fingerprint density at radius 3 is 3.07 bits per heavy atom. The van der Waals surface area contributed by atoms with Crippen molar-refractivity contribution in [1.29, 1.82) is 0 Å². The molecule has 0 unspecified atom stereocenters. The Morgan fingerprint density at radius 1 is 1.67 bits per heavy atom. The van der Waals surface area contributed by atoms with E-state index in [1.807, 2.05) is 0 Å². The van der Waals surface area contributed by atoms with E-state index in [9.17, 15) is 4.79 Å². The van der Waals surface area contributed by atoms with E-state index in [0.717, 1.165) is 0 Å². The van der Waals surface area contributed by atoms with Crippen LogP contribution in [0.4, 0.5) is 0 Å². The van der Waals surface area contributed by atoms with Crippen LogP contribution in [0.15, 0.2) is 29.0 Å². The molecule has 0 spiro atoms. The van der Waals surface area contributed by atoms with E-state index in [2.05, 4.69) is 4.98 Å². The number of imidazole rings is 1. The molecule has 0 aliphatic carbocycles. The van der Waals surface area contributed by atoms with Crippen LogP contribution in [0.25, 0.3) is 0 Å². The maximum atomic E-state index is 10.9. The normalized spacial score (nSPS) is 10.5. The van der Waals surface area contributed by atoms with Crippen molar-refractivity contribution < 1.29 is 14.3 Å². The van der Waals surface area contributed by atoms with Gasteiger partial charge < -0.3 is 14.1 Å². The second kappa shape index (κ2) is 3.61. The van der Waals surface area contributed by atoms with Crippen molar-refractivity contribution in [1.82, 2.24) is 9.55 Å². The van der Waals surface area contributed by atoms with Crippen LogP contribution in [0, 0.1) is 6.92 Å². The van der Waals surface area contributed by atoms with Gasteiger partial charge in [-0.1, -0.05) is 0 Å². The van der Waals surface area contributed by atoms with Gasteiger partial charge in [0.05, 0.1) is 19.0 Å². The third kappa shape index (κ3) is 1.76. The second-order valence-corrected chi connectivity index (χ2v) is 3.16. The van der Waals surface area contributed by atoms with E-state index >= 15 is 0 Å². The lowest BCUT2D eigenvalue weighted by Gasteiger charge is -2.04. The third-order valence-electron chi connectivity index (χ3n) is 2.17. The van der Waals surface area contributed by atoms with Gasteiger partial charge in [0.2, 0.25) is 0 Å². The summed E-state index contributed by atoms with van der Waals surface area (Å²) in [4.78, 5) is 14.8. The predicted octanol–water partition coefficient (Wildman–Crippen LogP) is 1.53. The van der Waals surface area contributed by atoms with E-state index in [1.54, 1.807) is 29.9 Å². The fourth-order valence-electron chi connectivity index (χ4n) is 1.40. The highest BCUT2D eigenvalue weighted by Crippen LogP contribution is 2.10. The number of aromatic nitrogens is 2. The van der Waals surface area contributed by atoms with Gasteiger partial charge in [0.1, 0.15) is 17.3 Å². The second-order valence-electron chi connectivity index (χ2n) is 3.16. The van der Waals surface area contributed by atoms with E-state index < -0.39 is 5.97 Å². The van der Waals surface area contributed by atoms with Gasteiger partial charge in [0.15, 0.2) is 0 Å². The number of aryl methyl sites for hydroxylation is 1. The van der Waals surface area contributed by atoms with Crippen LogP contribution in [0.2, 0.25) is 0 Å². The number of rotatable bonds is 3. The van der Waals surface area contributed by atoms with Crippen molar-refractivity contribution in [2.24, 2.45) is 0 Å². The van der Waals surface area contributed by atoms with Gasteiger partial charge in [-0.2, -0.15) is 0 Å². The summed E-state index contributed by atoms with van der Waals surface area (Å²) >= 11 is 0. The number of furan rings is 1. The maximum Gasteiger partial charge on any atom is 0.354 e. The summed E-state index contributed by atoms with van der Waals surface area (Å²) in [7, 11) is 0. The molecule has 2 aromatic rings. The fraction of sp³-hybridized carbons (Fsp3) is 0.200. The van der Waals surface area contributed by atoms with E-state index in [-0.39, 0.29) is 5.69 Å². The topological polar surface area (TPSA) is 68.3 Å². The first-order valence-corrected chi connectivity index (χ1v) is 4.46. The van der Waals surface area contributed by atoms with Gasteiger partial charge in [-0.25, -0.2) is 9.78 Å². The first-order valence-electron chi connectivity index (χ1n) is 4.46. The van der Waals surface area contributed by atoms with Crippen LogP contribution in [-0.2, 0) is 6.54 Å².